The maximum Gasteiger partial charge on any atom is 0.195 e. The molecule has 0 spiro atoms. The van der Waals surface area contributed by atoms with Gasteiger partial charge in [-0.2, -0.15) is 0 Å². The second-order valence-electron chi connectivity index (χ2n) is 6.75. The van der Waals surface area contributed by atoms with Crippen molar-refractivity contribution < 1.29 is 9.50 Å². The second-order valence-corrected chi connectivity index (χ2v) is 7.81. The summed E-state index contributed by atoms with van der Waals surface area (Å²) in [4.78, 5) is 2.45. The molecule has 148 valence electrons. The molecule has 3 rings (SSSR count). The quantitative estimate of drug-likeness (QED) is 0.504. The van der Waals surface area contributed by atoms with E-state index in [4.69, 9.17) is 5.11 Å². The lowest BCUT2D eigenvalue weighted by molar-refractivity contribution is 0.167. The van der Waals surface area contributed by atoms with Gasteiger partial charge in [-0.25, -0.2) is 4.39 Å². The minimum absolute atomic E-state index is 0.133. The molecule has 1 aromatic carbocycles. The Morgan fingerprint density at radius 1 is 1.15 bits per heavy atom. The number of rotatable bonds is 9. The lowest BCUT2D eigenvalue weighted by Crippen LogP contribution is -2.33. The Morgan fingerprint density at radius 3 is 2.59 bits per heavy atom. The molecular weight excluding hydrogens is 365 g/mol. The number of aromatic nitrogens is 3. The van der Waals surface area contributed by atoms with Crippen LogP contribution >= 0.6 is 11.8 Å². The molecular formula is C19H28FN5OS. The molecule has 0 aliphatic carbocycles. The molecule has 1 aromatic heterocycles. The Morgan fingerprint density at radius 2 is 1.89 bits per heavy atom. The number of aliphatic hydroxyl groups is 1. The maximum absolute atomic E-state index is 13.4. The summed E-state index contributed by atoms with van der Waals surface area (Å²) in [7, 11) is 0. The third-order valence-corrected chi connectivity index (χ3v) is 5.78. The topological polar surface area (TPSA) is 66.2 Å². The Labute approximate surface area is 164 Å². The van der Waals surface area contributed by atoms with E-state index in [0.29, 0.717) is 6.54 Å². The lowest BCUT2D eigenvalue weighted by atomic mass is 10.1. The molecule has 2 N–H and O–H groups in total. The highest BCUT2D eigenvalue weighted by Gasteiger charge is 2.25. The second kappa shape index (κ2) is 10.2. The summed E-state index contributed by atoms with van der Waals surface area (Å²) >= 11 is 1.61. The minimum atomic E-state index is -0.250. The number of thioether (sulfide) groups is 1. The summed E-state index contributed by atoms with van der Waals surface area (Å²) in [5.74, 6) is 1.46. The van der Waals surface area contributed by atoms with Gasteiger partial charge in [-0.3, -0.25) is 9.47 Å². The zero-order chi connectivity index (χ0) is 19.1. The van der Waals surface area contributed by atoms with Gasteiger partial charge >= 0.3 is 0 Å². The van der Waals surface area contributed by atoms with Crippen LogP contribution in [0.25, 0.3) is 5.69 Å². The summed E-state index contributed by atoms with van der Waals surface area (Å²) in [6, 6.07) is 6.66. The summed E-state index contributed by atoms with van der Waals surface area (Å²) in [6.45, 7) is 5.82. The molecule has 1 atom stereocenters. The Hall–Kier alpha value is -1.48. The Bertz CT molecular complexity index is 703. The maximum atomic E-state index is 13.4. The van der Waals surface area contributed by atoms with E-state index in [-0.39, 0.29) is 18.5 Å². The van der Waals surface area contributed by atoms with Gasteiger partial charge < -0.3 is 10.4 Å². The van der Waals surface area contributed by atoms with E-state index in [1.807, 2.05) is 0 Å². The molecule has 0 radical (unpaired) electrons. The third kappa shape index (κ3) is 5.28. The van der Waals surface area contributed by atoms with Crippen molar-refractivity contribution in [3.63, 3.8) is 0 Å². The van der Waals surface area contributed by atoms with Gasteiger partial charge in [0.15, 0.2) is 11.0 Å². The summed E-state index contributed by atoms with van der Waals surface area (Å²) in [5.41, 5.74) is 0.881. The van der Waals surface area contributed by atoms with E-state index in [1.165, 1.54) is 31.4 Å². The molecule has 0 saturated carbocycles. The fourth-order valence-electron chi connectivity index (χ4n) is 3.37. The van der Waals surface area contributed by atoms with Crippen LogP contribution in [-0.2, 0) is 0 Å². The van der Waals surface area contributed by atoms with Crippen LogP contribution in [0.5, 0.6) is 0 Å². The zero-order valence-electron chi connectivity index (χ0n) is 15.8. The summed E-state index contributed by atoms with van der Waals surface area (Å²) < 4.78 is 15.5. The van der Waals surface area contributed by atoms with Crippen molar-refractivity contribution in [2.45, 2.75) is 37.4 Å². The molecule has 1 aliphatic rings. The molecule has 0 amide bonds. The monoisotopic (exact) mass is 393 g/mol. The molecule has 1 saturated heterocycles. The first-order valence-electron chi connectivity index (χ1n) is 9.60. The standard InChI is InChI=1S/C19H28FN5OS/c1-15(24-11-3-2-4-12-24)18-22-23-19(27-14-10-21-9-13-26)25(18)17-7-5-16(20)6-8-17/h5-8,15,21,26H,2-4,9-14H2,1H3/t15-/m1/s1. The Balaban J connectivity index is 1.82. The van der Waals surface area contributed by atoms with Crippen molar-refractivity contribution >= 4 is 11.8 Å². The van der Waals surface area contributed by atoms with E-state index in [2.05, 4.69) is 31.9 Å². The van der Waals surface area contributed by atoms with Crippen molar-refractivity contribution in [1.29, 1.82) is 0 Å². The molecule has 6 nitrogen and oxygen atoms in total. The average molecular weight is 394 g/mol. The summed E-state index contributed by atoms with van der Waals surface area (Å²) in [5, 5.41) is 21.8. The zero-order valence-corrected chi connectivity index (χ0v) is 16.6. The predicted octanol–water partition coefficient (Wildman–Crippen LogP) is 2.63. The van der Waals surface area contributed by atoms with Crippen LogP contribution in [0.2, 0.25) is 0 Å². The highest BCUT2D eigenvalue weighted by Crippen LogP contribution is 2.29. The number of benzene rings is 1. The molecule has 0 bridgehead atoms. The van der Waals surface area contributed by atoms with E-state index in [9.17, 15) is 4.39 Å². The number of likely N-dealkylation sites (tertiary alicyclic amines) is 1. The van der Waals surface area contributed by atoms with Crippen LogP contribution < -0.4 is 5.32 Å². The minimum Gasteiger partial charge on any atom is -0.395 e. The molecule has 2 aromatic rings. The number of halogens is 1. The molecule has 2 heterocycles. The molecule has 0 unspecified atom stereocenters. The molecule has 8 heteroatoms. The SMILES string of the molecule is C[C@H](c1nnc(SCCNCCO)n1-c1ccc(F)cc1)N1CCCCC1. The normalized spacial score (nSPS) is 16.6. The van der Waals surface area contributed by atoms with Crippen LogP contribution in [0, 0.1) is 5.82 Å². The van der Waals surface area contributed by atoms with Crippen LogP contribution in [0.3, 0.4) is 0 Å². The van der Waals surface area contributed by atoms with Gasteiger partial charge in [0.25, 0.3) is 0 Å². The first-order chi connectivity index (χ1) is 13.2. The molecule has 27 heavy (non-hydrogen) atoms. The Kier molecular flexibility index (Phi) is 7.63. The van der Waals surface area contributed by atoms with Crippen LogP contribution in [0.1, 0.15) is 38.1 Å². The van der Waals surface area contributed by atoms with Crippen molar-refractivity contribution in [2.24, 2.45) is 0 Å². The number of hydrogen-bond donors (Lipinski definition) is 2. The molecule has 1 fully saturated rings. The van der Waals surface area contributed by atoms with Crippen molar-refractivity contribution in [2.75, 3.05) is 38.5 Å². The summed E-state index contributed by atoms with van der Waals surface area (Å²) in [6.07, 6.45) is 3.72. The van der Waals surface area contributed by atoms with Crippen LogP contribution in [0.4, 0.5) is 4.39 Å². The number of piperidine rings is 1. The fraction of sp³-hybridized carbons (Fsp3) is 0.579. The fourth-order valence-corrected chi connectivity index (χ4v) is 4.22. The van der Waals surface area contributed by atoms with Gasteiger partial charge in [0.2, 0.25) is 0 Å². The van der Waals surface area contributed by atoms with Gasteiger partial charge in [0, 0.05) is 24.5 Å². The lowest BCUT2D eigenvalue weighted by Gasteiger charge is -2.31. The van der Waals surface area contributed by atoms with E-state index in [0.717, 1.165) is 42.1 Å². The van der Waals surface area contributed by atoms with Gasteiger partial charge in [-0.15, -0.1) is 10.2 Å². The van der Waals surface area contributed by atoms with Gasteiger partial charge in [-0.1, -0.05) is 18.2 Å². The van der Waals surface area contributed by atoms with Gasteiger partial charge in [-0.05, 0) is 57.1 Å². The largest absolute Gasteiger partial charge is 0.395 e. The first-order valence-corrected chi connectivity index (χ1v) is 10.6. The average Bonchev–Trinajstić information content (AvgIpc) is 3.12. The van der Waals surface area contributed by atoms with Gasteiger partial charge in [0.05, 0.1) is 12.6 Å². The van der Waals surface area contributed by atoms with Gasteiger partial charge in [0.1, 0.15) is 5.82 Å². The predicted molar refractivity (Wildman–Crippen MR) is 106 cm³/mol. The smallest absolute Gasteiger partial charge is 0.195 e. The number of nitrogens with zero attached hydrogens (tertiary/aromatic N) is 4. The highest BCUT2D eigenvalue weighted by atomic mass is 32.2. The van der Waals surface area contributed by atoms with E-state index in [1.54, 1.807) is 23.9 Å². The van der Waals surface area contributed by atoms with Crippen LogP contribution in [0.15, 0.2) is 29.4 Å². The van der Waals surface area contributed by atoms with Crippen molar-refractivity contribution in [3.05, 3.63) is 35.9 Å². The number of aliphatic hydroxyl groups excluding tert-OH is 1. The number of nitrogens with one attached hydrogen (secondary N) is 1. The van der Waals surface area contributed by atoms with Crippen molar-refractivity contribution in [1.82, 2.24) is 25.0 Å². The van der Waals surface area contributed by atoms with E-state index < -0.39 is 0 Å². The third-order valence-electron chi connectivity index (χ3n) is 4.85. The number of hydrogen-bond acceptors (Lipinski definition) is 6. The van der Waals surface area contributed by atoms with E-state index >= 15 is 0 Å². The van der Waals surface area contributed by atoms with Crippen molar-refractivity contribution in [3.8, 4) is 5.69 Å². The first kappa shape index (κ1) is 20.3. The highest BCUT2D eigenvalue weighted by molar-refractivity contribution is 7.99. The molecule has 1 aliphatic heterocycles. The van der Waals surface area contributed by atoms with Crippen LogP contribution in [-0.4, -0.2) is 63.3 Å².